The van der Waals surface area contributed by atoms with Crippen LogP contribution in [0.4, 0.5) is 0 Å². The molecular weight excluding hydrogens is 452 g/mol. The van der Waals surface area contributed by atoms with Crippen LogP contribution in [-0.2, 0) is 14.8 Å². The zero-order chi connectivity index (χ0) is 19.6. The second kappa shape index (κ2) is 8.30. The molecule has 0 N–H and O–H groups in total. The number of hydrogen-bond acceptors (Lipinski definition) is 5. The van der Waals surface area contributed by atoms with E-state index in [9.17, 15) is 13.2 Å². The highest BCUT2D eigenvalue weighted by Gasteiger charge is 2.31. The summed E-state index contributed by atoms with van der Waals surface area (Å²) in [7, 11) is -3.50. The number of sulfonamides is 1. The first-order chi connectivity index (χ1) is 12.8. The van der Waals surface area contributed by atoms with Gasteiger partial charge in [-0.3, -0.25) is 4.79 Å². The van der Waals surface area contributed by atoms with E-state index < -0.39 is 10.0 Å². The SMILES string of the molecule is Cc1cccc(C)c1OCC(=O)N1CCN(S(=O)(=O)c2ccc(Br)s2)CC1. The Morgan fingerprint density at radius 2 is 1.74 bits per heavy atom. The smallest absolute Gasteiger partial charge is 0.260 e. The minimum absolute atomic E-state index is 0.0453. The fourth-order valence-electron chi connectivity index (χ4n) is 2.99. The molecule has 0 radical (unpaired) electrons. The minimum atomic E-state index is -3.50. The molecule has 3 rings (SSSR count). The van der Waals surface area contributed by atoms with Gasteiger partial charge in [0, 0.05) is 26.2 Å². The Morgan fingerprint density at radius 3 is 2.30 bits per heavy atom. The molecule has 0 atom stereocenters. The first-order valence-electron chi connectivity index (χ1n) is 8.51. The third kappa shape index (κ3) is 4.53. The van der Waals surface area contributed by atoms with Crippen LogP contribution >= 0.6 is 27.3 Å². The number of benzene rings is 1. The summed E-state index contributed by atoms with van der Waals surface area (Å²) in [4.78, 5) is 14.1. The minimum Gasteiger partial charge on any atom is -0.483 e. The molecular formula is C18H21BrN2O4S2. The number of carbonyl (C=O) groups excluding carboxylic acids is 1. The van der Waals surface area contributed by atoms with Crippen LogP contribution in [0.25, 0.3) is 0 Å². The van der Waals surface area contributed by atoms with Gasteiger partial charge < -0.3 is 9.64 Å². The summed E-state index contributed by atoms with van der Waals surface area (Å²) in [5.74, 6) is 0.601. The number of amides is 1. The molecule has 6 nitrogen and oxygen atoms in total. The lowest BCUT2D eigenvalue weighted by molar-refractivity contribution is -0.134. The van der Waals surface area contributed by atoms with Gasteiger partial charge in [-0.05, 0) is 53.0 Å². The maximum atomic E-state index is 12.7. The third-order valence-corrected chi connectivity index (χ3v) is 8.47. The van der Waals surface area contributed by atoms with Crippen molar-refractivity contribution in [3.8, 4) is 5.75 Å². The zero-order valence-corrected chi connectivity index (χ0v) is 18.4. The number of hydrogen-bond donors (Lipinski definition) is 0. The van der Waals surface area contributed by atoms with E-state index >= 15 is 0 Å². The number of ether oxygens (including phenoxy) is 1. The van der Waals surface area contributed by atoms with E-state index in [2.05, 4.69) is 15.9 Å². The molecule has 1 aliphatic heterocycles. The molecule has 1 aromatic heterocycles. The summed E-state index contributed by atoms with van der Waals surface area (Å²) >= 11 is 4.48. The molecule has 9 heteroatoms. The molecule has 1 aliphatic rings. The molecule has 1 saturated heterocycles. The van der Waals surface area contributed by atoms with E-state index in [1.807, 2.05) is 32.0 Å². The number of rotatable bonds is 5. The highest BCUT2D eigenvalue weighted by molar-refractivity contribution is 9.11. The van der Waals surface area contributed by atoms with Gasteiger partial charge >= 0.3 is 0 Å². The van der Waals surface area contributed by atoms with E-state index in [-0.39, 0.29) is 25.6 Å². The number of carbonyl (C=O) groups is 1. The molecule has 0 bridgehead atoms. The Kier molecular flexibility index (Phi) is 6.25. The Hall–Kier alpha value is -1.42. The van der Waals surface area contributed by atoms with Crippen LogP contribution in [0, 0.1) is 13.8 Å². The average molecular weight is 473 g/mol. The van der Waals surface area contributed by atoms with Crippen LogP contribution in [0.5, 0.6) is 5.75 Å². The molecule has 27 heavy (non-hydrogen) atoms. The molecule has 2 aromatic rings. The van der Waals surface area contributed by atoms with E-state index in [0.29, 0.717) is 17.3 Å². The van der Waals surface area contributed by atoms with Crippen molar-refractivity contribution >= 4 is 43.2 Å². The highest BCUT2D eigenvalue weighted by atomic mass is 79.9. The van der Waals surface area contributed by atoms with Gasteiger partial charge in [0.1, 0.15) is 9.96 Å². The lowest BCUT2D eigenvalue weighted by atomic mass is 10.1. The third-order valence-electron chi connectivity index (χ3n) is 4.48. The molecule has 0 unspecified atom stereocenters. The molecule has 1 amide bonds. The van der Waals surface area contributed by atoms with Crippen LogP contribution in [0.1, 0.15) is 11.1 Å². The summed E-state index contributed by atoms with van der Waals surface area (Å²) in [6.07, 6.45) is 0. The lowest BCUT2D eigenvalue weighted by Crippen LogP contribution is -2.51. The number of piperazine rings is 1. The Bertz CT molecular complexity index is 914. The van der Waals surface area contributed by atoms with E-state index in [1.54, 1.807) is 17.0 Å². The van der Waals surface area contributed by atoms with Gasteiger partial charge in [-0.1, -0.05) is 18.2 Å². The van der Waals surface area contributed by atoms with Crippen molar-refractivity contribution in [1.82, 2.24) is 9.21 Å². The maximum Gasteiger partial charge on any atom is 0.260 e. The highest BCUT2D eigenvalue weighted by Crippen LogP contribution is 2.29. The second-order valence-corrected chi connectivity index (χ2v) is 11.0. The Morgan fingerprint density at radius 1 is 1.11 bits per heavy atom. The summed E-state index contributed by atoms with van der Waals surface area (Å²) < 4.78 is 33.5. The van der Waals surface area contributed by atoms with Gasteiger partial charge in [0.25, 0.3) is 15.9 Å². The van der Waals surface area contributed by atoms with Crippen LogP contribution in [0.3, 0.4) is 0 Å². The number of para-hydroxylation sites is 1. The monoisotopic (exact) mass is 472 g/mol. The molecule has 0 aliphatic carbocycles. The first kappa shape index (κ1) is 20.3. The number of aryl methyl sites for hydroxylation is 2. The zero-order valence-electron chi connectivity index (χ0n) is 15.1. The van der Waals surface area contributed by atoms with Crippen molar-refractivity contribution in [1.29, 1.82) is 0 Å². The van der Waals surface area contributed by atoms with Crippen molar-refractivity contribution < 1.29 is 17.9 Å². The molecule has 0 spiro atoms. The molecule has 1 aromatic carbocycles. The van der Waals surface area contributed by atoms with Gasteiger partial charge in [0.15, 0.2) is 6.61 Å². The lowest BCUT2D eigenvalue weighted by Gasteiger charge is -2.33. The van der Waals surface area contributed by atoms with Crippen molar-refractivity contribution in [2.75, 3.05) is 32.8 Å². The molecule has 1 fully saturated rings. The molecule has 0 saturated carbocycles. The Balaban J connectivity index is 1.56. The summed E-state index contributed by atoms with van der Waals surface area (Å²) in [5, 5.41) is 0. The number of thiophene rings is 1. The van der Waals surface area contributed by atoms with Gasteiger partial charge in [-0.2, -0.15) is 4.31 Å². The standard InChI is InChI=1S/C18H21BrN2O4S2/c1-13-4-3-5-14(2)18(13)25-12-16(22)20-8-10-21(11-9-20)27(23,24)17-7-6-15(19)26-17/h3-7H,8-12H2,1-2H3. The van der Waals surface area contributed by atoms with Gasteiger partial charge in [-0.25, -0.2) is 8.42 Å². The summed E-state index contributed by atoms with van der Waals surface area (Å²) in [5.41, 5.74) is 1.97. The van der Waals surface area contributed by atoms with Gasteiger partial charge in [-0.15, -0.1) is 11.3 Å². The normalized spacial score (nSPS) is 15.7. The first-order valence-corrected chi connectivity index (χ1v) is 11.6. The fourth-order valence-corrected chi connectivity index (χ4v) is 6.58. The van der Waals surface area contributed by atoms with Crippen molar-refractivity contribution in [3.63, 3.8) is 0 Å². The van der Waals surface area contributed by atoms with Crippen molar-refractivity contribution in [3.05, 3.63) is 45.2 Å². The quantitative estimate of drug-likeness (QED) is 0.670. The summed E-state index contributed by atoms with van der Waals surface area (Å²) in [6, 6.07) is 9.16. The van der Waals surface area contributed by atoms with Crippen LogP contribution in [0.15, 0.2) is 38.3 Å². The Labute approximate surface area is 171 Å². The fraction of sp³-hybridized carbons (Fsp3) is 0.389. The van der Waals surface area contributed by atoms with Gasteiger partial charge in [0.05, 0.1) is 3.79 Å². The van der Waals surface area contributed by atoms with Gasteiger partial charge in [0.2, 0.25) is 0 Å². The van der Waals surface area contributed by atoms with Crippen LogP contribution in [-0.4, -0.2) is 56.3 Å². The van der Waals surface area contributed by atoms with E-state index in [0.717, 1.165) is 20.7 Å². The van der Waals surface area contributed by atoms with Crippen molar-refractivity contribution in [2.24, 2.45) is 0 Å². The second-order valence-electron chi connectivity index (χ2n) is 6.35. The summed E-state index contributed by atoms with van der Waals surface area (Å²) in [6.45, 7) is 5.14. The van der Waals surface area contributed by atoms with Crippen molar-refractivity contribution in [2.45, 2.75) is 18.1 Å². The topological polar surface area (TPSA) is 66.9 Å². The van der Waals surface area contributed by atoms with E-state index in [4.69, 9.17) is 4.74 Å². The maximum absolute atomic E-state index is 12.7. The van der Waals surface area contributed by atoms with E-state index in [1.165, 1.54) is 15.6 Å². The van der Waals surface area contributed by atoms with Crippen LogP contribution < -0.4 is 4.74 Å². The predicted octanol–water partition coefficient (Wildman–Crippen LogP) is 3.04. The molecule has 146 valence electrons. The number of nitrogens with zero attached hydrogens (tertiary/aromatic N) is 2. The largest absolute Gasteiger partial charge is 0.483 e. The predicted molar refractivity (Wildman–Crippen MR) is 109 cm³/mol. The average Bonchev–Trinajstić information content (AvgIpc) is 3.08. The number of halogens is 1. The molecule has 2 heterocycles. The van der Waals surface area contributed by atoms with Crippen LogP contribution in [0.2, 0.25) is 0 Å².